The highest BCUT2D eigenvalue weighted by Crippen LogP contribution is 2.23. The minimum absolute atomic E-state index is 0.0186. The highest BCUT2D eigenvalue weighted by molar-refractivity contribution is 6.27. The summed E-state index contributed by atoms with van der Waals surface area (Å²) in [7, 11) is 1.50. The van der Waals surface area contributed by atoms with Gasteiger partial charge in [-0.05, 0) is 67.8 Å². The third-order valence-corrected chi connectivity index (χ3v) is 15.5. The van der Waals surface area contributed by atoms with Gasteiger partial charge in [-0.25, -0.2) is 0 Å². The molecule has 1 aliphatic carbocycles. The monoisotopic (exact) mass is 1130 g/mol. The Labute approximate surface area is 476 Å². The molecule has 1 saturated heterocycles. The van der Waals surface area contributed by atoms with Crippen molar-refractivity contribution in [2.75, 3.05) is 13.6 Å². The largest absolute Gasteiger partial charge is 0.385 e. The van der Waals surface area contributed by atoms with Gasteiger partial charge in [0.05, 0.1) is 16.8 Å². The fourth-order valence-electron chi connectivity index (χ4n) is 9.47. The summed E-state index contributed by atoms with van der Waals surface area (Å²) in [5, 5.41) is 28.0. The van der Waals surface area contributed by atoms with E-state index in [1.165, 1.54) is 26.4 Å². The molecule has 0 bridgehead atoms. The summed E-state index contributed by atoms with van der Waals surface area (Å²) in [6.07, 6.45) is 5.72. The molecule has 1 aromatic carbocycles. The topological polar surface area (TPSA) is 321 Å². The van der Waals surface area contributed by atoms with Gasteiger partial charge in [0.1, 0.15) is 48.3 Å². The van der Waals surface area contributed by atoms with E-state index in [-0.39, 0.29) is 67.0 Å². The number of pyridine rings is 1. The van der Waals surface area contributed by atoms with E-state index in [0.717, 1.165) is 6.08 Å². The van der Waals surface area contributed by atoms with Crippen molar-refractivity contribution in [2.45, 2.75) is 182 Å². The van der Waals surface area contributed by atoms with Crippen LogP contribution in [0, 0.1) is 29.6 Å². The zero-order chi connectivity index (χ0) is 60.2. The van der Waals surface area contributed by atoms with Crippen LogP contribution in [0.4, 0.5) is 0 Å². The number of carbonyl (C=O) groups excluding carboxylic acids is 11. The molecule has 22 heteroatoms. The molecule has 0 saturated carbocycles. The van der Waals surface area contributed by atoms with Gasteiger partial charge in [0.25, 0.3) is 5.91 Å². The number of aromatic nitrogens is 1. The molecule has 1 aromatic heterocycles. The summed E-state index contributed by atoms with van der Waals surface area (Å²) in [4.78, 5) is 159. The molecule has 2 heterocycles. The van der Waals surface area contributed by atoms with Crippen molar-refractivity contribution in [2.24, 2.45) is 29.6 Å². The number of ketones is 2. The number of nitrogens with zero attached hydrogens (tertiary/aromatic N) is 1. The average Bonchev–Trinajstić information content (AvgIpc) is 3.55. The molecule has 22 nitrogen and oxygen atoms in total. The highest BCUT2D eigenvalue weighted by atomic mass is 16.2. The standard InChI is InChI=1S/C59H87N11O11/c1-13-32(7)46-56(78)63-36(11)51(73)67-49(35(10)16-4)59(81)70-48(34(9)15-3)57(79)64-40(24-20-21-25-62-52(74)39-30-61-29-38-45(39)44(71)28-41(60-12)50(38)72)53(75)68-47(33(8)14-2)58(80)66-43(27-37-22-18-17-19-23-37)54(76)65-42(26-31(5)6)55(77)69-46/h17-19,22-23,28-36,40,42-43,46-49,60H,13-16,20-21,24-27H2,1-12H3,(H,62,74)(H,63,78)(H,64,79)(H,65,76)(H,66,80)(H,67,73)(H,68,75)(H,69,77)(H,70,81). The first-order valence-electron chi connectivity index (χ1n) is 28.6. The Bertz CT molecular complexity index is 2630. The van der Waals surface area contributed by atoms with Crippen molar-refractivity contribution in [3.8, 4) is 0 Å². The number of likely N-dealkylation sites (N-methyl/N-ethyl adjacent to an activating group) is 1. The minimum Gasteiger partial charge on any atom is -0.385 e. The quantitative estimate of drug-likeness (QED) is 0.0907. The maximum absolute atomic E-state index is 14.8. The highest BCUT2D eigenvalue weighted by Gasteiger charge is 2.39. The molecule has 1 fully saturated rings. The van der Waals surface area contributed by atoms with Crippen molar-refractivity contribution >= 4 is 64.7 Å². The first-order chi connectivity index (χ1) is 38.4. The molecule has 0 spiro atoms. The maximum Gasteiger partial charge on any atom is 0.253 e. The number of Topliss-reactive ketones (excluding diaryl/α,β-unsaturated/α-hetero) is 1. The first-order valence-corrected chi connectivity index (χ1v) is 28.6. The summed E-state index contributed by atoms with van der Waals surface area (Å²) in [6.45, 7) is 19.5. The summed E-state index contributed by atoms with van der Waals surface area (Å²) in [5.74, 6) is -9.46. The summed E-state index contributed by atoms with van der Waals surface area (Å²) in [6, 6.07) is -0.974. The Hall–Kier alpha value is -7.52. The van der Waals surface area contributed by atoms with Crippen molar-refractivity contribution in [3.05, 3.63) is 76.8 Å². The number of benzene rings is 1. The fraction of sp³-hybridized carbons (Fsp3) is 0.593. The third-order valence-electron chi connectivity index (χ3n) is 15.5. The number of hydrogen-bond donors (Lipinski definition) is 10. The number of allylic oxidation sites excluding steroid dienone is 2. The summed E-state index contributed by atoms with van der Waals surface area (Å²) >= 11 is 0. The Morgan fingerprint density at radius 2 is 1.01 bits per heavy atom. The van der Waals surface area contributed by atoms with Gasteiger partial charge in [0.2, 0.25) is 53.0 Å². The van der Waals surface area contributed by atoms with Crippen LogP contribution in [0.1, 0.15) is 164 Å². The fourth-order valence-corrected chi connectivity index (χ4v) is 9.47. The van der Waals surface area contributed by atoms with E-state index in [2.05, 4.69) is 58.2 Å². The van der Waals surface area contributed by atoms with E-state index in [1.807, 2.05) is 41.5 Å². The van der Waals surface area contributed by atoms with Gasteiger partial charge in [0.15, 0.2) is 5.78 Å². The molecule has 10 N–H and O–H groups in total. The number of nitrogens with one attached hydrogen (secondary N) is 10. The van der Waals surface area contributed by atoms with Crippen LogP contribution in [-0.2, 0) is 44.8 Å². The zero-order valence-corrected chi connectivity index (χ0v) is 49.1. The molecule has 12 atom stereocenters. The smallest absolute Gasteiger partial charge is 0.253 e. The molecule has 444 valence electrons. The van der Waals surface area contributed by atoms with Crippen molar-refractivity contribution in [3.63, 3.8) is 0 Å². The number of rotatable bonds is 19. The van der Waals surface area contributed by atoms with E-state index in [0.29, 0.717) is 31.2 Å². The Balaban J connectivity index is 1.77. The molecule has 9 amide bonds. The minimum atomic E-state index is -1.34. The van der Waals surface area contributed by atoms with Crippen LogP contribution < -0.4 is 53.2 Å². The van der Waals surface area contributed by atoms with Crippen LogP contribution >= 0.6 is 0 Å². The maximum atomic E-state index is 14.8. The van der Waals surface area contributed by atoms with Gasteiger partial charge in [-0.1, -0.05) is 125 Å². The van der Waals surface area contributed by atoms with Gasteiger partial charge in [-0.3, -0.25) is 57.7 Å². The SMILES string of the molecule is CCC(C)C1NC(=O)C(C)NC(=O)C(C(C)CC)NC(=O)C(CC(C)C)NC(=O)C(Cc2ccccc2)NC(=O)C(C(C)CC)NC(=O)C(CCCCNC(=O)c2cncc3c2C(=O)C=C(NC)C3=O)NC(=O)C(C(C)CC)NC1=O. The van der Waals surface area contributed by atoms with Crippen LogP contribution in [-0.4, -0.2) is 132 Å². The van der Waals surface area contributed by atoms with Gasteiger partial charge in [-0.15, -0.1) is 0 Å². The van der Waals surface area contributed by atoms with Crippen LogP contribution in [0.15, 0.2) is 54.5 Å². The van der Waals surface area contributed by atoms with Gasteiger partial charge < -0.3 is 53.2 Å². The van der Waals surface area contributed by atoms with E-state index < -0.39 is 137 Å². The molecule has 2 aromatic rings. The third kappa shape index (κ3) is 18.2. The molecular formula is C59H87N11O11. The van der Waals surface area contributed by atoms with Crippen LogP contribution in [0.25, 0.3) is 0 Å². The lowest BCUT2D eigenvalue weighted by Gasteiger charge is -2.32. The second-order valence-corrected chi connectivity index (χ2v) is 22.1. The summed E-state index contributed by atoms with van der Waals surface area (Å²) in [5.41, 5.74) is 0.531. The summed E-state index contributed by atoms with van der Waals surface area (Å²) < 4.78 is 0. The lowest BCUT2D eigenvalue weighted by molar-refractivity contribution is -0.138. The number of carbonyl (C=O) groups is 11. The van der Waals surface area contributed by atoms with Gasteiger partial charge in [0, 0.05) is 44.0 Å². The van der Waals surface area contributed by atoms with Crippen molar-refractivity contribution < 1.29 is 52.7 Å². The molecule has 12 unspecified atom stereocenters. The Morgan fingerprint density at radius 3 is 1.53 bits per heavy atom. The molecule has 1 aliphatic heterocycles. The molecular weight excluding hydrogens is 1040 g/mol. The van der Waals surface area contributed by atoms with E-state index >= 15 is 0 Å². The van der Waals surface area contributed by atoms with Crippen molar-refractivity contribution in [1.82, 2.24) is 58.2 Å². The number of unbranched alkanes of at least 4 members (excludes halogenated alkanes) is 1. The van der Waals surface area contributed by atoms with Crippen LogP contribution in [0.3, 0.4) is 0 Å². The first kappa shape index (κ1) is 66.0. The lowest BCUT2D eigenvalue weighted by Crippen LogP contribution is -2.63. The number of amides is 9. The van der Waals surface area contributed by atoms with Crippen molar-refractivity contribution in [1.29, 1.82) is 0 Å². The van der Waals surface area contributed by atoms with Gasteiger partial charge in [-0.2, -0.15) is 0 Å². The van der Waals surface area contributed by atoms with Crippen LogP contribution in [0.2, 0.25) is 0 Å². The second-order valence-electron chi connectivity index (χ2n) is 22.1. The molecule has 81 heavy (non-hydrogen) atoms. The Morgan fingerprint density at radius 1 is 0.556 bits per heavy atom. The lowest BCUT2D eigenvalue weighted by atomic mass is 9.90. The number of fused-ring (bicyclic) bond motifs is 1. The predicted molar refractivity (Wildman–Crippen MR) is 305 cm³/mol. The predicted octanol–water partition coefficient (Wildman–Crippen LogP) is 2.85. The normalized spacial score (nSPS) is 24.6. The van der Waals surface area contributed by atoms with Crippen LogP contribution in [0.5, 0.6) is 0 Å². The second kappa shape index (κ2) is 31.5. The zero-order valence-electron chi connectivity index (χ0n) is 49.1. The average molecular weight is 1130 g/mol. The molecule has 0 radical (unpaired) electrons. The Kier molecular flexibility index (Phi) is 25.6. The van der Waals surface area contributed by atoms with E-state index in [1.54, 1.807) is 58.0 Å². The van der Waals surface area contributed by atoms with E-state index in [4.69, 9.17) is 0 Å². The van der Waals surface area contributed by atoms with E-state index in [9.17, 15) is 52.7 Å². The molecule has 2 aliphatic rings. The number of hydrogen-bond acceptors (Lipinski definition) is 13. The van der Waals surface area contributed by atoms with Gasteiger partial charge >= 0.3 is 0 Å². The molecule has 4 rings (SSSR count).